The van der Waals surface area contributed by atoms with Gasteiger partial charge in [0.2, 0.25) is 0 Å². The lowest BCUT2D eigenvalue weighted by Crippen LogP contribution is -2.32. The Bertz CT molecular complexity index is 896. The molecule has 1 aromatic heterocycles. The summed E-state index contributed by atoms with van der Waals surface area (Å²) in [5.41, 5.74) is 1.07. The molecule has 1 aliphatic rings. The molecule has 2 heterocycles. The molecule has 2 amide bonds. The van der Waals surface area contributed by atoms with Gasteiger partial charge in [0.1, 0.15) is 15.7 Å². The van der Waals surface area contributed by atoms with Gasteiger partial charge >= 0.3 is 6.03 Å². The average molecular weight is 562 g/mol. The van der Waals surface area contributed by atoms with Gasteiger partial charge in [0.05, 0.1) is 10.0 Å². The molecule has 1 fully saturated rings. The maximum atomic E-state index is 12.2. The Balaban J connectivity index is 1.81. The highest BCUT2D eigenvalue weighted by Gasteiger charge is 2.18. The number of carbonyl (C=O) groups excluding carboxylic acids is 1. The van der Waals surface area contributed by atoms with Crippen molar-refractivity contribution in [2.45, 2.75) is 22.8 Å². The second-order valence-corrected chi connectivity index (χ2v) is 8.74. The third-order valence-electron chi connectivity index (χ3n) is 3.70. The summed E-state index contributed by atoms with van der Waals surface area (Å²) >= 11 is 11.4. The normalized spacial score (nSPS) is 13.5. The van der Waals surface area contributed by atoms with Crippen molar-refractivity contribution in [3.05, 3.63) is 37.6 Å². The van der Waals surface area contributed by atoms with Crippen LogP contribution in [-0.2, 0) is 0 Å². The number of urea groups is 1. The van der Waals surface area contributed by atoms with Crippen LogP contribution in [0.15, 0.2) is 41.9 Å². The van der Waals surface area contributed by atoms with E-state index >= 15 is 0 Å². The zero-order valence-electron chi connectivity index (χ0n) is 13.3. The minimum atomic E-state index is -0.127. The van der Waals surface area contributed by atoms with Crippen molar-refractivity contribution in [3.63, 3.8) is 0 Å². The van der Waals surface area contributed by atoms with Crippen molar-refractivity contribution in [2.24, 2.45) is 0 Å². The number of hydrogen-bond acceptors (Lipinski definition) is 5. The van der Waals surface area contributed by atoms with E-state index in [0.29, 0.717) is 30.1 Å². The summed E-state index contributed by atoms with van der Waals surface area (Å²) in [6.45, 7) is 1.55. The molecule has 10 heteroatoms. The Morgan fingerprint density at radius 3 is 2.65 bits per heavy atom. The first kappa shape index (κ1) is 19.6. The number of likely N-dealkylation sites (tertiary alicyclic amines) is 1. The summed E-state index contributed by atoms with van der Waals surface area (Å²) in [6.07, 6.45) is 2.07. The smallest absolute Gasteiger partial charge is 0.321 e. The van der Waals surface area contributed by atoms with E-state index in [4.69, 9.17) is 0 Å². The van der Waals surface area contributed by atoms with Gasteiger partial charge in [-0.3, -0.25) is 0 Å². The van der Waals surface area contributed by atoms with E-state index in [1.54, 1.807) is 23.1 Å². The Morgan fingerprint density at radius 2 is 1.96 bits per heavy atom. The third kappa shape index (κ3) is 4.57. The zero-order valence-corrected chi connectivity index (χ0v) is 18.9. The van der Waals surface area contributed by atoms with Gasteiger partial charge in [0.15, 0.2) is 4.73 Å². The molecule has 0 saturated carbocycles. The van der Waals surface area contributed by atoms with Gasteiger partial charge in [0, 0.05) is 23.7 Å². The van der Waals surface area contributed by atoms with Gasteiger partial charge in [-0.15, -0.1) is 0 Å². The second-order valence-electron chi connectivity index (χ2n) is 5.45. The van der Waals surface area contributed by atoms with Crippen LogP contribution in [0.5, 0.6) is 0 Å². The van der Waals surface area contributed by atoms with Gasteiger partial charge in [-0.1, -0.05) is 11.8 Å². The van der Waals surface area contributed by atoms with E-state index in [0.717, 1.165) is 30.8 Å². The van der Waals surface area contributed by atoms with Crippen LogP contribution in [0.3, 0.4) is 0 Å². The lowest BCUT2D eigenvalue weighted by Gasteiger charge is -2.16. The van der Waals surface area contributed by atoms with Gasteiger partial charge in [-0.2, -0.15) is 5.26 Å². The van der Waals surface area contributed by atoms with Crippen LogP contribution in [0.4, 0.5) is 10.5 Å². The minimum absolute atomic E-state index is 0.127. The fraction of sp³-hybridized carbons (Fsp3) is 0.250. The van der Waals surface area contributed by atoms with Crippen molar-refractivity contribution in [2.75, 3.05) is 18.4 Å². The van der Waals surface area contributed by atoms with E-state index in [-0.39, 0.29) is 6.03 Å². The first-order chi connectivity index (χ1) is 12.5. The first-order valence-corrected chi connectivity index (χ1v) is 10.8. The van der Waals surface area contributed by atoms with Crippen molar-refractivity contribution in [1.29, 1.82) is 5.26 Å². The predicted molar refractivity (Wildman–Crippen MR) is 110 cm³/mol. The lowest BCUT2D eigenvalue weighted by atomic mass is 10.2. The Morgan fingerprint density at radius 1 is 1.23 bits per heavy atom. The van der Waals surface area contributed by atoms with Crippen molar-refractivity contribution in [3.8, 4) is 6.07 Å². The predicted octanol–water partition coefficient (Wildman–Crippen LogP) is 5.41. The molecular formula is C16H12Br3N5OS. The molecule has 0 bridgehead atoms. The Kier molecular flexibility index (Phi) is 6.55. The van der Waals surface area contributed by atoms with Gasteiger partial charge in [-0.25, -0.2) is 14.8 Å². The summed E-state index contributed by atoms with van der Waals surface area (Å²) in [4.78, 5) is 23.2. The van der Waals surface area contributed by atoms with Crippen LogP contribution >= 0.6 is 59.6 Å². The van der Waals surface area contributed by atoms with E-state index in [2.05, 4.69) is 69.1 Å². The highest BCUT2D eigenvalue weighted by molar-refractivity contribution is 9.13. The van der Waals surface area contributed by atoms with Crippen LogP contribution < -0.4 is 5.32 Å². The van der Waals surface area contributed by atoms with Crippen molar-refractivity contribution < 1.29 is 4.79 Å². The monoisotopic (exact) mass is 559 g/mol. The molecule has 134 valence electrons. The summed E-state index contributed by atoms with van der Waals surface area (Å²) in [5, 5.41) is 13.0. The van der Waals surface area contributed by atoms with Crippen molar-refractivity contribution in [1.82, 2.24) is 14.9 Å². The van der Waals surface area contributed by atoms with E-state index in [1.165, 1.54) is 11.8 Å². The molecule has 6 nitrogen and oxygen atoms in total. The van der Waals surface area contributed by atoms with Gasteiger partial charge in [-0.05, 0) is 78.8 Å². The molecule has 0 radical (unpaired) electrons. The van der Waals surface area contributed by atoms with Crippen LogP contribution in [-0.4, -0.2) is 34.0 Å². The van der Waals surface area contributed by atoms with Gasteiger partial charge < -0.3 is 10.2 Å². The molecule has 2 aromatic rings. The van der Waals surface area contributed by atoms with E-state index in [1.807, 2.05) is 0 Å². The molecule has 0 atom stereocenters. The molecule has 0 spiro atoms. The number of amides is 2. The van der Waals surface area contributed by atoms with Crippen LogP contribution in [0, 0.1) is 11.3 Å². The molecule has 0 unspecified atom stereocenters. The average Bonchev–Trinajstić information content (AvgIpc) is 3.15. The highest BCUT2D eigenvalue weighted by atomic mass is 79.9. The topological polar surface area (TPSA) is 81.9 Å². The molecular weight excluding hydrogens is 550 g/mol. The number of nitriles is 1. The SMILES string of the molecule is N#Cc1cc(NC(=O)N2CCCC2)ccc1Sc1nc(Br)nc(Br)c1Br. The number of aromatic nitrogens is 2. The summed E-state index contributed by atoms with van der Waals surface area (Å²) in [6, 6.07) is 7.32. The summed E-state index contributed by atoms with van der Waals surface area (Å²) in [5.74, 6) is 0. The molecule has 1 aliphatic heterocycles. The Hall–Kier alpha value is -1.15. The van der Waals surface area contributed by atoms with Crippen LogP contribution in [0.1, 0.15) is 18.4 Å². The number of benzene rings is 1. The molecule has 1 saturated heterocycles. The lowest BCUT2D eigenvalue weighted by molar-refractivity contribution is 0.222. The van der Waals surface area contributed by atoms with E-state index in [9.17, 15) is 10.1 Å². The quantitative estimate of drug-likeness (QED) is 0.400. The number of hydrogen-bond donors (Lipinski definition) is 1. The summed E-state index contributed by atoms with van der Waals surface area (Å²) < 4.78 is 1.78. The first-order valence-electron chi connectivity index (χ1n) is 7.64. The Labute approximate surface area is 180 Å². The minimum Gasteiger partial charge on any atom is -0.325 e. The molecule has 1 aromatic carbocycles. The maximum absolute atomic E-state index is 12.2. The fourth-order valence-corrected chi connectivity index (χ4v) is 4.95. The number of halogens is 3. The number of rotatable bonds is 3. The standard InChI is InChI=1S/C16H12Br3N5OS/c17-12-13(18)22-15(19)23-14(12)26-11-4-3-10(7-9(11)8-20)21-16(25)24-5-1-2-6-24/h3-4,7H,1-2,5-6H2,(H,21,25). The zero-order chi connectivity index (χ0) is 18.7. The number of nitrogens with zero attached hydrogens (tertiary/aromatic N) is 4. The highest BCUT2D eigenvalue weighted by Crippen LogP contribution is 2.38. The largest absolute Gasteiger partial charge is 0.325 e. The molecule has 0 aliphatic carbocycles. The van der Waals surface area contributed by atoms with Crippen LogP contribution in [0.25, 0.3) is 0 Å². The molecule has 3 rings (SSSR count). The third-order valence-corrected chi connectivity index (χ3v) is 7.24. The van der Waals surface area contributed by atoms with Crippen LogP contribution in [0.2, 0.25) is 0 Å². The van der Waals surface area contributed by atoms with Gasteiger partial charge in [0.25, 0.3) is 0 Å². The summed E-state index contributed by atoms with van der Waals surface area (Å²) in [7, 11) is 0. The van der Waals surface area contributed by atoms with E-state index < -0.39 is 0 Å². The van der Waals surface area contributed by atoms with Crippen molar-refractivity contribution >= 4 is 71.3 Å². The number of anilines is 1. The molecule has 1 N–H and O–H groups in total. The fourth-order valence-electron chi connectivity index (χ4n) is 2.45. The molecule has 26 heavy (non-hydrogen) atoms. The second kappa shape index (κ2) is 8.69. The number of carbonyl (C=O) groups is 1. The maximum Gasteiger partial charge on any atom is 0.321 e. The number of nitrogens with one attached hydrogen (secondary N) is 1.